The van der Waals surface area contributed by atoms with Crippen molar-refractivity contribution >= 4 is 27.5 Å². The van der Waals surface area contributed by atoms with Crippen LogP contribution in [0.5, 0.6) is 5.75 Å². The molecule has 5 rings (SSSR count). The van der Waals surface area contributed by atoms with Gasteiger partial charge in [0.15, 0.2) is 0 Å². The second-order valence-corrected chi connectivity index (χ2v) is 8.89. The lowest BCUT2D eigenvalue weighted by atomic mass is 9.99. The van der Waals surface area contributed by atoms with Gasteiger partial charge in [-0.2, -0.15) is 0 Å². The van der Waals surface area contributed by atoms with Gasteiger partial charge < -0.3 is 14.8 Å². The molecule has 3 aromatic rings. The van der Waals surface area contributed by atoms with Gasteiger partial charge in [-0.1, -0.05) is 18.2 Å². The normalized spacial score (nSPS) is 19.1. The maximum atomic E-state index is 12.4. The zero-order chi connectivity index (χ0) is 19.8. The van der Waals surface area contributed by atoms with E-state index in [1.54, 1.807) is 11.3 Å². The van der Waals surface area contributed by atoms with Crippen molar-refractivity contribution in [1.82, 2.24) is 10.3 Å². The lowest BCUT2D eigenvalue weighted by Gasteiger charge is -2.22. The fourth-order valence-electron chi connectivity index (χ4n) is 4.17. The topological polar surface area (TPSA) is 60.5 Å². The van der Waals surface area contributed by atoms with Gasteiger partial charge in [-0.25, -0.2) is 4.98 Å². The smallest absolute Gasteiger partial charge is 0.223 e. The van der Waals surface area contributed by atoms with E-state index < -0.39 is 0 Å². The number of carbonyl (C=O) groups is 1. The summed E-state index contributed by atoms with van der Waals surface area (Å²) < 4.78 is 12.8. The van der Waals surface area contributed by atoms with E-state index in [4.69, 9.17) is 14.5 Å². The lowest BCUT2D eigenvalue weighted by Crippen LogP contribution is -2.39. The molecule has 150 valence electrons. The van der Waals surface area contributed by atoms with Crippen LogP contribution in [0, 0.1) is 12.8 Å². The number of aromatic nitrogens is 1. The molecule has 3 heterocycles. The van der Waals surface area contributed by atoms with Crippen molar-refractivity contribution in [2.45, 2.75) is 32.3 Å². The van der Waals surface area contributed by atoms with Gasteiger partial charge >= 0.3 is 0 Å². The molecular weight excluding hydrogens is 384 g/mol. The Morgan fingerprint density at radius 3 is 2.90 bits per heavy atom. The lowest BCUT2D eigenvalue weighted by molar-refractivity contribution is -0.128. The molecule has 1 N–H and O–H groups in total. The molecule has 0 radical (unpaired) electrons. The van der Waals surface area contributed by atoms with E-state index in [1.807, 2.05) is 18.2 Å². The predicted molar refractivity (Wildman–Crippen MR) is 114 cm³/mol. The summed E-state index contributed by atoms with van der Waals surface area (Å²) in [5.74, 6) is 1.10. The van der Waals surface area contributed by atoms with E-state index in [2.05, 4.69) is 30.4 Å². The number of benzene rings is 2. The van der Waals surface area contributed by atoms with Crippen LogP contribution >= 0.6 is 11.3 Å². The molecule has 5 nitrogen and oxygen atoms in total. The summed E-state index contributed by atoms with van der Waals surface area (Å²) in [5.41, 5.74) is 4.47. The summed E-state index contributed by atoms with van der Waals surface area (Å²) in [7, 11) is 0. The van der Waals surface area contributed by atoms with Crippen molar-refractivity contribution in [1.29, 1.82) is 0 Å². The average molecular weight is 409 g/mol. The number of para-hydroxylation sites is 1. The molecule has 1 fully saturated rings. The minimum absolute atomic E-state index is 0.0382. The van der Waals surface area contributed by atoms with E-state index in [0.29, 0.717) is 19.8 Å². The molecule has 0 aliphatic carbocycles. The van der Waals surface area contributed by atoms with Crippen LogP contribution in [-0.4, -0.2) is 36.8 Å². The van der Waals surface area contributed by atoms with E-state index >= 15 is 0 Å². The van der Waals surface area contributed by atoms with Crippen molar-refractivity contribution in [3.05, 3.63) is 47.5 Å². The van der Waals surface area contributed by atoms with E-state index in [1.165, 1.54) is 15.8 Å². The number of carbonyl (C=O) groups excluding carboxylic acids is 1. The molecule has 2 aliphatic heterocycles. The van der Waals surface area contributed by atoms with Gasteiger partial charge in [0.25, 0.3) is 0 Å². The summed E-state index contributed by atoms with van der Waals surface area (Å²) in [6, 6.07) is 12.5. The van der Waals surface area contributed by atoms with Gasteiger partial charge in [0, 0.05) is 25.6 Å². The summed E-state index contributed by atoms with van der Waals surface area (Å²) in [5, 5.41) is 4.08. The van der Waals surface area contributed by atoms with Crippen molar-refractivity contribution < 1.29 is 14.3 Å². The molecule has 2 aromatic carbocycles. The molecule has 1 amide bonds. The number of fused-ring (bicyclic) bond motifs is 2. The Hall–Kier alpha value is -2.44. The second kappa shape index (κ2) is 7.76. The van der Waals surface area contributed by atoms with E-state index in [-0.39, 0.29) is 17.9 Å². The summed E-state index contributed by atoms with van der Waals surface area (Å²) in [6.45, 7) is 3.99. The monoisotopic (exact) mass is 408 g/mol. The minimum atomic E-state index is -0.0382. The van der Waals surface area contributed by atoms with Gasteiger partial charge in [-0.15, -0.1) is 11.3 Å². The van der Waals surface area contributed by atoms with Gasteiger partial charge in [0.05, 0.1) is 22.3 Å². The summed E-state index contributed by atoms with van der Waals surface area (Å²) in [4.78, 5) is 17.3. The van der Waals surface area contributed by atoms with Gasteiger partial charge in [0.2, 0.25) is 5.91 Å². The van der Waals surface area contributed by atoms with Crippen LogP contribution in [-0.2, 0) is 16.0 Å². The Morgan fingerprint density at radius 2 is 2.07 bits per heavy atom. The molecule has 1 atom stereocenters. The number of rotatable bonds is 4. The standard InChI is InChI=1S/C23H24N2O3S/c1-14-10-16-12-17(13-24-22(26)15-6-8-27-9-7-15)28-21(16)18(11-14)23-25-19-4-2-3-5-20(19)29-23/h2-5,10-11,15,17H,6-9,12-13H2,1H3,(H,24,26). The molecule has 1 unspecified atom stereocenters. The van der Waals surface area contributed by atoms with Crippen LogP contribution in [0.15, 0.2) is 36.4 Å². The Morgan fingerprint density at radius 1 is 1.24 bits per heavy atom. The number of nitrogens with zero attached hydrogens (tertiary/aromatic N) is 1. The summed E-state index contributed by atoms with van der Waals surface area (Å²) in [6.07, 6.45) is 2.38. The van der Waals surface area contributed by atoms with Crippen LogP contribution in [0.3, 0.4) is 0 Å². The zero-order valence-electron chi connectivity index (χ0n) is 16.4. The first-order valence-corrected chi connectivity index (χ1v) is 11.0. The first-order chi connectivity index (χ1) is 14.2. The van der Waals surface area contributed by atoms with Crippen molar-refractivity contribution in [2.24, 2.45) is 5.92 Å². The van der Waals surface area contributed by atoms with Crippen molar-refractivity contribution in [3.63, 3.8) is 0 Å². The largest absolute Gasteiger partial charge is 0.487 e. The Balaban J connectivity index is 1.33. The number of hydrogen-bond donors (Lipinski definition) is 1. The molecule has 29 heavy (non-hydrogen) atoms. The second-order valence-electron chi connectivity index (χ2n) is 7.86. The van der Waals surface area contributed by atoms with Gasteiger partial charge in [-0.05, 0) is 49.1 Å². The van der Waals surface area contributed by atoms with Crippen LogP contribution in [0.25, 0.3) is 20.8 Å². The number of amides is 1. The highest BCUT2D eigenvalue weighted by molar-refractivity contribution is 7.21. The number of ether oxygens (including phenoxy) is 2. The molecule has 6 heteroatoms. The van der Waals surface area contributed by atoms with Crippen LogP contribution in [0.4, 0.5) is 0 Å². The third-order valence-electron chi connectivity index (χ3n) is 5.66. The highest BCUT2D eigenvalue weighted by Gasteiger charge is 2.29. The molecular formula is C23H24N2O3S. The van der Waals surface area contributed by atoms with E-state index in [9.17, 15) is 4.79 Å². The van der Waals surface area contributed by atoms with Crippen LogP contribution < -0.4 is 10.1 Å². The third kappa shape index (κ3) is 3.74. The Labute approximate surface area is 174 Å². The fourth-order valence-corrected chi connectivity index (χ4v) is 5.15. The minimum Gasteiger partial charge on any atom is -0.487 e. The highest BCUT2D eigenvalue weighted by atomic mass is 32.1. The maximum absolute atomic E-state index is 12.4. The SMILES string of the molecule is Cc1cc2c(c(-c3nc4ccccc4s3)c1)OC(CNC(=O)C1CCOCC1)C2. The molecule has 1 aromatic heterocycles. The molecule has 0 saturated carbocycles. The average Bonchev–Trinajstić information content (AvgIpc) is 3.35. The molecule has 2 aliphatic rings. The number of nitrogens with one attached hydrogen (secondary N) is 1. The maximum Gasteiger partial charge on any atom is 0.223 e. The number of hydrogen-bond acceptors (Lipinski definition) is 5. The van der Waals surface area contributed by atoms with Gasteiger partial charge in [0.1, 0.15) is 16.9 Å². The molecule has 0 spiro atoms. The zero-order valence-corrected chi connectivity index (χ0v) is 17.3. The Kier molecular flexibility index (Phi) is 4.97. The first-order valence-electron chi connectivity index (χ1n) is 10.2. The van der Waals surface area contributed by atoms with E-state index in [0.717, 1.165) is 41.1 Å². The first kappa shape index (κ1) is 18.6. The fraction of sp³-hybridized carbons (Fsp3) is 0.391. The van der Waals surface area contributed by atoms with Crippen molar-refractivity contribution in [3.8, 4) is 16.3 Å². The summed E-state index contributed by atoms with van der Waals surface area (Å²) >= 11 is 1.69. The van der Waals surface area contributed by atoms with Gasteiger partial charge in [-0.3, -0.25) is 4.79 Å². The van der Waals surface area contributed by atoms with Crippen LogP contribution in [0.1, 0.15) is 24.0 Å². The van der Waals surface area contributed by atoms with Crippen LogP contribution in [0.2, 0.25) is 0 Å². The third-order valence-corrected chi connectivity index (χ3v) is 6.73. The highest BCUT2D eigenvalue weighted by Crippen LogP contribution is 2.42. The van der Waals surface area contributed by atoms with Crippen molar-refractivity contribution in [2.75, 3.05) is 19.8 Å². The quantitative estimate of drug-likeness (QED) is 0.706. The Bertz CT molecular complexity index is 1020. The number of aryl methyl sites for hydroxylation is 1. The number of thiazole rings is 1. The molecule has 1 saturated heterocycles. The predicted octanol–water partition coefficient (Wildman–Crippen LogP) is 4.12. The molecule has 0 bridgehead atoms.